The van der Waals surface area contributed by atoms with E-state index < -0.39 is 0 Å². The van der Waals surface area contributed by atoms with Gasteiger partial charge in [0.05, 0.1) is 39.7 Å². The normalized spacial score (nSPS) is 15.3. The number of aryl methyl sites for hydroxylation is 1. The van der Waals surface area contributed by atoms with E-state index in [1.54, 1.807) is 0 Å². The molecule has 3 aliphatic heterocycles. The average Bonchev–Trinajstić information content (AvgIpc) is 3.98. The SMILES string of the molecule is Cn1cc2cc1C(c1ccccc1)=C1C=CC(=N1)C(c1ccccc1)=c1ccc(o1)=C(c1ccccc1)C1=NC(=C2c2ccccc2)C=C1. The molecular formula is C45H31N3O. The van der Waals surface area contributed by atoms with Gasteiger partial charge in [-0.25, -0.2) is 9.98 Å². The summed E-state index contributed by atoms with van der Waals surface area (Å²) in [5, 5.41) is 0. The summed E-state index contributed by atoms with van der Waals surface area (Å²) in [4.78, 5) is 10.7. The molecule has 0 unspecified atom stereocenters. The number of benzene rings is 4. The Morgan fingerprint density at radius 3 is 1.31 bits per heavy atom. The number of furan rings is 1. The lowest BCUT2D eigenvalue weighted by atomic mass is 9.96. The molecule has 0 spiro atoms. The summed E-state index contributed by atoms with van der Waals surface area (Å²) in [6.07, 6.45) is 10.7. The summed E-state index contributed by atoms with van der Waals surface area (Å²) in [6, 6.07) is 48.2. The molecule has 49 heavy (non-hydrogen) atoms. The molecule has 0 saturated carbocycles. The summed E-state index contributed by atoms with van der Waals surface area (Å²) < 4.78 is 9.05. The number of aromatic nitrogens is 1. The van der Waals surface area contributed by atoms with Crippen LogP contribution in [-0.2, 0) is 7.05 Å². The van der Waals surface area contributed by atoms with Crippen molar-refractivity contribution in [2.75, 3.05) is 0 Å². The zero-order valence-corrected chi connectivity index (χ0v) is 26.9. The largest absolute Gasteiger partial charge is 0.456 e. The van der Waals surface area contributed by atoms with Gasteiger partial charge in [-0.05, 0) is 64.8 Å². The molecule has 0 radical (unpaired) electrons. The first-order valence-corrected chi connectivity index (χ1v) is 16.5. The molecule has 6 aromatic rings. The summed E-state index contributed by atoms with van der Waals surface area (Å²) in [5.41, 5.74) is 15.4. The summed E-state index contributed by atoms with van der Waals surface area (Å²) in [7, 11) is 2.11. The van der Waals surface area contributed by atoms with Crippen LogP contribution in [0.25, 0.3) is 22.3 Å². The van der Waals surface area contributed by atoms with E-state index in [1.165, 1.54) is 0 Å². The zero-order valence-electron chi connectivity index (χ0n) is 26.9. The molecule has 4 nitrogen and oxygen atoms in total. The van der Waals surface area contributed by atoms with Gasteiger partial charge in [-0.3, -0.25) is 0 Å². The van der Waals surface area contributed by atoms with Gasteiger partial charge in [0, 0.05) is 30.0 Å². The Kier molecular flexibility index (Phi) is 6.98. The minimum absolute atomic E-state index is 0.747. The van der Waals surface area contributed by atoms with Crippen molar-refractivity contribution in [1.29, 1.82) is 0 Å². The zero-order chi connectivity index (χ0) is 32.7. The van der Waals surface area contributed by atoms with Crippen LogP contribution in [0.1, 0.15) is 33.5 Å². The van der Waals surface area contributed by atoms with Crippen LogP contribution in [0.15, 0.2) is 196 Å². The minimum atomic E-state index is 0.747. The molecule has 0 N–H and O–H groups in total. The Balaban J connectivity index is 1.44. The van der Waals surface area contributed by atoms with Crippen molar-refractivity contribution in [1.82, 2.24) is 4.57 Å². The molecule has 5 heterocycles. The van der Waals surface area contributed by atoms with Gasteiger partial charge in [0.25, 0.3) is 0 Å². The first-order chi connectivity index (χ1) is 24.2. The lowest BCUT2D eigenvalue weighted by Crippen LogP contribution is -2.15. The molecule has 0 amide bonds. The molecule has 4 heteroatoms. The van der Waals surface area contributed by atoms with Crippen molar-refractivity contribution in [3.63, 3.8) is 0 Å². The maximum Gasteiger partial charge on any atom is 0.137 e. The second-order valence-electron chi connectivity index (χ2n) is 12.3. The smallest absolute Gasteiger partial charge is 0.137 e. The van der Waals surface area contributed by atoms with Gasteiger partial charge in [0.15, 0.2) is 0 Å². The molecule has 3 aliphatic rings. The second kappa shape index (κ2) is 11.9. The summed E-state index contributed by atoms with van der Waals surface area (Å²) in [5.74, 6) is 0. The minimum Gasteiger partial charge on any atom is -0.456 e. The monoisotopic (exact) mass is 629 g/mol. The lowest BCUT2D eigenvalue weighted by Gasteiger charge is -2.12. The van der Waals surface area contributed by atoms with Crippen LogP contribution in [0.5, 0.6) is 0 Å². The van der Waals surface area contributed by atoms with E-state index >= 15 is 0 Å². The van der Waals surface area contributed by atoms with Crippen molar-refractivity contribution in [2.45, 2.75) is 0 Å². The molecule has 0 fully saturated rings. The van der Waals surface area contributed by atoms with Gasteiger partial charge in [-0.2, -0.15) is 0 Å². The molecule has 0 saturated heterocycles. The van der Waals surface area contributed by atoms with Crippen LogP contribution in [0.4, 0.5) is 0 Å². The first kappa shape index (κ1) is 28.7. The van der Waals surface area contributed by atoms with E-state index in [0.29, 0.717) is 0 Å². The van der Waals surface area contributed by atoms with Gasteiger partial charge in [-0.1, -0.05) is 121 Å². The molecule has 9 rings (SSSR count). The maximum absolute atomic E-state index is 6.85. The van der Waals surface area contributed by atoms with Crippen LogP contribution < -0.4 is 10.8 Å². The van der Waals surface area contributed by atoms with Crippen LogP contribution in [-0.4, -0.2) is 16.0 Å². The molecular weight excluding hydrogens is 599 g/mol. The molecule has 2 aromatic heterocycles. The maximum atomic E-state index is 6.85. The summed E-state index contributed by atoms with van der Waals surface area (Å²) in [6.45, 7) is 0. The highest BCUT2D eigenvalue weighted by Gasteiger charge is 2.24. The first-order valence-electron chi connectivity index (χ1n) is 16.5. The third-order valence-electron chi connectivity index (χ3n) is 9.20. The fourth-order valence-corrected chi connectivity index (χ4v) is 6.98. The van der Waals surface area contributed by atoms with E-state index in [-0.39, 0.29) is 0 Å². The number of nitrogens with zero attached hydrogens (tertiary/aromatic N) is 3. The van der Waals surface area contributed by atoms with E-state index in [4.69, 9.17) is 14.4 Å². The third-order valence-corrected chi connectivity index (χ3v) is 9.20. The van der Waals surface area contributed by atoms with Gasteiger partial charge >= 0.3 is 0 Å². The Hall–Kier alpha value is -6.52. The number of aliphatic imine (C=N–C) groups is 2. The Bertz CT molecular complexity index is 2560. The van der Waals surface area contributed by atoms with Crippen LogP contribution in [0.3, 0.4) is 0 Å². The van der Waals surface area contributed by atoms with Gasteiger partial charge in [0.2, 0.25) is 0 Å². The fraction of sp³-hybridized carbons (Fsp3) is 0.0222. The Morgan fingerprint density at radius 1 is 0.429 bits per heavy atom. The quantitative estimate of drug-likeness (QED) is 0.194. The fourth-order valence-electron chi connectivity index (χ4n) is 6.98. The topological polar surface area (TPSA) is 42.8 Å². The predicted molar refractivity (Wildman–Crippen MR) is 199 cm³/mol. The van der Waals surface area contributed by atoms with Crippen molar-refractivity contribution in [3.8, 4) is 0 Å². The average molecular weight is 630 g/mol. The van der Waals surface area contributed by atoms with Crippen LogP contribution >= 0.6 is 0 Å². The molecule has 0 atom stereocenters. The van der Waals surface area contributed by atoms with Crippen LogP contribution in [0.2, 0.25) is 0 Å². The standard InChI is InChI=1S/C45H31N3O/c1-48-29-34-28-39(48)43(31-16-8-3-9-17-31)36-23-25-38(47-36)45(33-20-12-5-13-21-33)41-27-26-40(49-41)44(32-18-10-4-11-19-32)37-24-22-35(46-37)42(34)30-14-6-2-7-15-30/h2-29H,1H3. The lowest BCUT2D eigenvalue weighted by molar-refractivity contribution is 0.500. The number of rotatable bonds is 4. The van der Waals surface area contributed by atoms with E-state index in [0.717, 1.165) is 89.5 Å². The number of allylic oxidation sites excluding steroid dienone is 4. The van der Waals surface area contributed by atoms with Gasteiger partial charge < -0.3 is 8.98 Å². The predicted octanol–water partition coefficient (Wildman–Crippen LogP) is 8.27. The highest BCUT2D eigenvalue weighted by atomic mass is 16.3. The number of hydrogen-bond acceptors (Lipinski definition) is 3. The van der Waals surface area contributed by atoms with E-state index in [1.807, 2.05) is 12.1 Å². The van der Waals surface area contributed by atoms with Gasteiger partial charge in [-0.15, -0.1) is 0 Å². The van der Waals surface area contributed by atoms with Crippen molar-refractivity contribution >= 4 is 33.7 Å². The number of hydrogen-bond donors (Lipinski definition) is 0. The number of fused-ring (bicyclic) bond motifs is 6. The Morgan fingerprint density at radius 2 is 0.837 bits per heavy atom. The Labute approximate surface area is 284 Å². The highest BCUT2D eigenvalue weighted by molar-refractivity contribution is 6.31. The molecule has 0 aliphatic carbocycles. The molecule has 232 valence electrons. The van der Waals surface area contributed by atoms with Crippen LogP contribution in [0, 0.1) is 0 Å². The van der Waals surface area contributed by atoms with Gasteiger partial charge in [0.1, 0.15) is 10.8 Å². The highest BCUT2D eigenvalue weighted by Crippen LogP contribution is 2.37. The van der Waals surface area contributed by atoms with Crippen molar-refractivity contribution in [3.05, 3.63) is 226 Å². The summed E-state index contributed by atoms with van der Waals surface area (Å²) >= 11 is 0. The van der Waals surface area contributed by atoms with E-state index in [2.05, 4.69) is 170 Å². The van der Waals surface area contributed by atoms with Crippen molar-refractivity contribution < 1.29 is 4.42 Å². The second-order valence-corrected chi connectivity index (χ2v) is 12.3. The molecule has 4 aromatic carbocycles. The molecule has 8 bridgehead atoms. The van der Waals surface area contributed by atoms with E-state index in [9.17, 15) is 0 Å². The third kappa shape index (κ3) is 5.11. The van der Waals surface area contributed by atoms with Crippen molar-refractivity contribution in [2.24, 2.45) is 17.0 Å².